The molecule has 0 aliphatic rings. The number of halogens is 1. The van der Waals surface area contributed by atoms with Crippen molar-refractivity contribution in [2.75, 3.05) is 12.4 Å². The first kappa shape index (κ1) is 15.7. The number of rotatable bonds is 5. The predicted octanol–water partition coefficient (Wildman–Crippen LogP) is 4.13. The van der Waals surface area contributed by atoms with Gasteiger partial charge in [-0.3, -0.25) is 4.68 Å². The van der Waals surface area contributed by atoms with Crippen LogP contribution in [0.2, 0.25) is 5.02 Å². The van der Waals surface area contributed by atoms with Crippen molar-refractivity contribution in [3.8, 4) is 5.75 Å². The van der Waals surface area contributed by atoms with E-state index in [-0.39, 0.29) is 6.04 Å². The number of nitrogens with one attached hydrogen (secondary N) is 1. The number of nitrogens with zero attached hydrogens (tertiary/aromatic N) is 2. The van der Waals surface area contributed by atoms with Gasteiger partial charge < -0.3 is 10.1 Å². The maximum Gasteiger partial charge on any atom is 0.140 e. The zero-order valence-corrected chi connectivity index (χ0v) is 14.0. The number of benzene rings is 1. The van der Waals surface area contributed by atoms with Gasteiger partial charge in [-0.05, 0) is 37.5 Å². The van der Waals surface area contributed by atoms with Crippen molar-refractivity contribution >= 4 is 17.3 Å². The highest BCUT2D eigenvalue weighted by molar-refractivity contribution is 6.32. The standard InChI is InChI=1S/C16H22ClN3O/c1-6-14-15(9-20(4)19-14)18-11(3)12-7-10(2)16(21-5)13(17)8-12/h7-9,11,18H,6H2,1-5H3. The lowest BCUT2D eigenvalue weighted by molar-refractivity contribution is 0.411. The highest BCUT2D eigenvalue weighted by Gasteiger charge is 2.14. The van der Waals surface area contributed by atoms with Crippen LogP contribution < -0.4 is 10.1 Å². The van der Waals surface area contributed by atoms with Crippen molar-refractivity contribution in [3.63, 3.8) is 0 Å². The van der Waals surface area contributed by atoms with Crippen molar-refractivity contribution < 1.29 is 4.74 Å². The second-order valence-corrected chi connectivity index (χ2v) is 5.64. The third-order valence-corrected chi connectivity index (χ3v) is 3.85. The van der Waals surface area contributed by atoms with E-state index in [1.165, 1.54) is 0 Å². The molecule has 0 amide bonds. The summed E-state index contributed by atoms with van der Waals surface area (Å²) in [5.41, 5.74) is 4.30. The highest BCUT2D eigenvalue weighted by Crippen LogP contribution is 2.32. The van der Waals surface area contributed by atoms with E-state index in [0.717, 1.165) is 34.7 Å². The van der Waals surface area contributed by atoms with Gasteiger partial charge in [0.15, 0.2) is 0 Å². The molecule has 0 saturated carbocycles. The number of hydrogen-bond acceptors (Lipinski definition) is 3. The molecule has 1 aromatic heterocycles. The molecule has 2 rings (SSSR count). The van der Waals surface area contributed by atoms with Crippen LogP contribution in [0.5, 0.6) is 5.75 Å². The molecule has 0 radical (unpaired) electrons. The van der Waals surface area contributed by atoms with Gasteiger partial charge >= 0.3 is 0 Å². The van der Waals surface area contributed by atoms with Crippen LogP contribution in [0.25, 0.3) is 0 Å². The van der Waals surface area contributed by atoms with Crippen molar-refractivity contribution in [2.24, 2.45) is 7.05 Å². The van der Waals surface area contributed by atoms with Crippen LogP contribution in [-0.2, 0) is 13.5 Å². The van der Waals surface area contributed by atoms with Crippen LogP contribution in [-0.4, -0.2) is 16.9 Å². The zero-order valence-electron chi connectivity index (χ0n) is 13.2. The van der Waals surface area contributed by atoms with Gasteiger partial charge in [-0.2, -0.15) is 5.10 Å². The summed E-state index contributed by atoms with van der Waals surface area (Å²) in [5.74, 6) is 0.739. The molecule has 1 atom stereocenters. The fraction of sp³-hybridized carbons (Fsp3) is 0.438. The monoisotopic (exact) mass is 307 g/mol. The Morgan fingerprint density at radius 3 is 2.71 bits per heavy atom. The zero-order chi connectivity index (χ0) is 15.6. The van der Waals surface area contributed by atoms with Gasteiger partial charge in [0.2, 0.25) is 0 Å². The van der Waals surface area contributed by atoms with Gasteiger partial charge in [-0.1, -0.05) is 24.6 Å². The summed E-state index contributed by atoms with van der Waals surface area (Å²) in [6.45, 7) is 6.22. The van der Waals surface area contributed by atoms with Gasteiger partial charge in [-0.15, -0.1) is 0 Å². The SMILES string of the molecule is CCc1nn(C)cc1NC(C)c1cc(C)c(OC)c(Cl)c1. The second-order valence-electron chi connectivity index (χ2n) is 5.24. The summed E-state index contributed by atoms with van der Waals surface area (Å²) in [4.78, 5) is 0. The summed E-state index contributed by atoms with van der Waals surface area (Å²) >= 11 is 6.28. The molecular weight excluding hydrogens is 286 g/mol. The number of hydrogen-bond donors (Lipinski definition) is 1. The normalized spacial score (nSPS) is 12.3. The van der Waals surface area contributed by atoms with Crippen molar-refractivity contribution in [2.45, 2.75) is 33.2 Å². The molecule has 5 heteroatoms. The van der Waals surface area contributed by atoms with Crippen LogP contribution in [0, 0.1) is 6.92 Å². The fourth-order valence-corrected chi connectivity index (χ4v) is 2.85. The van der Waals surface area contributed by atoms with Crippen LogP contribution >= 0.6 is 11.6 Å². The quantitative estimate of drug-likeness (QED) is 0.903. The molecule has 1 aromatic carbocycles. The molecule has 1 unspecified atom stereocenters. The molecular formula is C16H22ClN3O. The van der Waals surface area contributed by atoms with E-state index in [2.05, 4.69) is 30.3 Å². The Morgan fingerprint density at radius 2 is 2.14 bits per heavy atom. The van der Waals surface area contributed by atoms with Gasteiger partial charge in [-0.25, -0.2) is 0 Å². The molecule has 1 heterocycles. The van der Waals surface area contributed by atoms with Crippen molar-refractivity contribution in [3.05, 3.63) is 40.2 Å². The van der Waals surface area contributed by atoms with Crippen molar-refractivity contribution in [1.82, 2.24) is 9.78 Å². The van der Waals surface area contributed by atoms with E-state index in [4.69, 9.17) is 16.3 Å². The predicted molar refractivity (Wildman–Crippen MR) is 87.4 cm³/mol. The minimum absolute atomic E-state index is 0.140. The van der Waals surface area contributed by atoms with E-state index in [9.17, 15) is 0 Å². The van der Waals surface area contributed by atoms with Crippen LogP contribution in [0.4, 0.5) is 5.69 Å². The highest BCUT2D eigenvalue weighted by atomic mass is 35.5. The van der Waals surface area contributed by atoms with Gasteiger partial charge in [0.25, 0.3) is 0 Å². The average molecular weight is 308 g/mol. The minimum Gasteiger partial charge on any atom is -0.495 e. The molecule has 4 nitrogen and oxygen atoms in total. The topological polar surface area (TPSA) is 39.1 Å². The largest absolute Gasteiger partial charge is 0.495 e. The molecule has 0 aliphatic carbocycles. The first-order valence-corrected chi connectivity index (χ1v) is 7.47. The van der Waals surface area contributed by atoms with Crippen LogP contribution in [0.3, 0.4) is 0 Å². The second kappa shape index (κ2) is 6.39. The molecule has 114 valence electrons. The molecule has 2 aromatic rings. The number of aryl methyl sites for hydroxylation is 3. The lowest BCUT2D eigenvalue weighted by Gasteiger charge is -2.18. The molecule has 0 bridgehead atoms. The first-order valence-electron chi connectivity index (χ1n) is 7.09. The average Bonchev–Trinajstić information content (AvgIpc) is 2.78. The van der Waals surface area contributed by atoms with Crippen molar-refractivity contribution in [1.29, 1.82) is 0 Å². The molecule has 0 spiro atoms. The number of ether oxygens (including phenoxy) is 1. The maximum absolute atomic E-state index is 6.28. The lowest BCUT2D eigenvalue weighted by Crippen LogP contribution is -2.08. The molecule has 0 aliphatic heterocycles. The molecule has 0 fully saturated rings. The third-order valence-electron chi connectivity index (χ3n) is 3.57. The Bertz CT molecular complexity index is 613. The Balaban J connectivity index is 2.26. The molecule has 1 N–H and O–H groups in total. The molecule has 0 saturated heterocycles. The third kappa shape index (κ3) is 3.32. The summed E-state index contributed by atoms with van der Waals surface area (Å²) in [5, 5.41) is 8.60. The smallest absolute Gasteiger partial charge is 0.140 e. The Kier molecular flexibility index (Phi) is 4.78. The van der Waals surface area contributed by atoms with E-state index in [1.54, 1.807) is 7.11 Å². The van der Waals surface area contributed by atoms with Gasteiger partial charge in [0, 0.05) is 19.3 Å². The first-order chi connectivity index (χ1) is 9.96. The van der Waals surface area contributed by atoms with Crippen LogP contribution in [0.1, 0.15) is 36.7 Å². The maximum atomic E-state index is 6.28. The number of methoxy groups -OCH3 is 1. The Hall–Kier alpha value is -1.68. The minimum atomic E-state index is 0.140. The van der Waals surface area contributed by atoms with Crippen LogP contribution in [0.15, 0.2) is 18.3 Å². The number of anilines is 1. The number of aromatic nitrogens is 2. The summed E-state index contributed by atoms with van der Waals surface area (Å²) in [6, 6.07) is 4.19. The Labute approximate surface area is 131 Å². The molecule has 21 heavy (non-hydrogen) atoms. The summed E-state index contributed by atoms with van der Waals surface area (Å²) in [6.07, 6.45) is 2.91. The van der Waals surface area contributed by atoms with E-state index in [0.29, 0.717) is 5.02 Å². The van der Waals surface area contributed by atoms with Gasteiger partial charge in [0.1, 0.15) is 5.75 Å². The van der Waals surface area contributed by atoms with E-state index >= 15 is 0 Å². The summed E-state index contributed by atoms with van der Waals surface area (Å²) < 4.78 is 7.14. The Morgan fingerprint density at radius 1 is 1.43 bits per heavy atom. The summed E-state index contributed by atoms with van der Waals surface area (Å²) in [7, 11) is 3.57. The van der Waals surface area contributed by atoms with Gasteiger partial charge in [0.05, 0.1) is 23.5 Å². The fourth-order valence-electron chi connectivity index (χ4n) is 2.50. The lowest BCUT2D eigenvalue weighted by atomic mass is 10.0. The van der Waals surface area contributed by atoms with E-state index < -0.39 is 0 Å². The van der Waals surface area contributed by atoms with E-state index in [1.807, 2.05) is 30.9 Å².